The zero-order valence-corrected chi connectivity index (χ0v) is 23.1. The third-order valence-corrected chi connectivity index (χ3v) is 9.71. The van der Waals surface area contributed by atoms with Gasteiger partial charge in [0.25, 0.3) is 5.56 Å². The Morgan fingerprint density at radius 3 is 2.45 bits per heavy atom. The molecular formula is C27H33ClN4O5S. The van der Waals surface area contributed by atoms with Gasteiger partial charge in [-0.15, -0.1) is 0 Å². The molecule has 3 heterocycles. The summed E-state index contributed by atoms with van der Waals surface area (Å²) in [7, 11) is -3.54. The van der Waals surface area contributed by atoms with E-state index >= 15 is 0 Å². The smallest absolute Gasteiger partial charge is 0.329 e. The van der Waals surface area contributed by atoms with E-state index in [-0.39, 0.29) is 17.2 Å². The standard InChI is InChI=1S/C27H33ClN4O5S/c1-2-38(35,36)25-6-4-21(28)16-20(25)18-32-24-15-19(3-5-23(24)26(33)29-27(32)34)17-30-9-11-31(12-10-30)22-7-13-37-14-8-22/h3-6,15-16,22H,2,7-14,17-18H2,1H3,(H,29,33,34). The van der Waals surface area contributed by atoms with Crippen molar-refractivity contribution in [3.05, 3.63) is 73.4 Å². The van der Waals surface area contributed by atoms with Gasteiger partial charge < -0.3 is 4.74 Å². The van der Waals surface area contributed by atoms with E-state index < -0.39 is 21.1 Å². The number of rotatable bonds is 7. The lowest BCUT2D eigenvalue weighted by molar-refractivity contribution is 0.0126. The number of fused-ring (bicyclic) bond motifs is 1. The Bertz CT molecular complexity index is 1540. The van der Waals surface area contributed by atoms with Crippen molar-refractivity contribution in [2.75, 3.05) is 45.1 Å². The summed E-state index contributed by atoms with van der Waals surface area (Å²) in [4.78, 5) is 33.0. The predicted octanol–water partition coefficient (Wildman–Crippen LogP) is 2.48. The first-order valence-electron chi connectivity index (χ1n) is 13.1. The van der Waals surface area contributed by atoms with Gasteiger partial charge in [0.15, 0.2) is 9.84 Å². The van der Waals surface area contributed by atoms with Gasteiger partial charge in [0.2, 0.25) is 0 Å². The molecule has 0 bridgehead atoms. The van der Waals surface area contributed by atoms with Crippen LogP contribution in [0, 0.1) is 0 Å². The molecule has 9 nitrogen and oxygen atoms in total. The molecule has 38 heavy (non-hydrogen) atoms. The van der Waals surface area contributed by atoms with Crippen LogP contribution < -0.4 is 11.2 Å². The molecule has 0 atom stereocenters. The van der Waals surface area contributed by atoms with E-state index in [0.29, 0.717) is 34.1 Å². The fraction of sp³-hybridized carbons (Fsp3) is 0.481. The topological polar surface area (TPSA) is 105 Å². The Morgan fingerprint density at radius 2 is 1.74 bits per heavy atom. The molecule has 0 spiro atoms. The van der Waals surface area contributed by atoms with Gasteiger partial charge in [-0.25, -0.2) is 13.2 Å². The highest BCUT2D eigenvalue weighted by molar-refractivity contribution is 7.91. The van der Waals surface area contributed by atoms with Crippen LogP contribution in [0.4, 0.5) is 0 Å². The molecule has 0 amide bonds. The van der Waals surface area contributed by atoms with Crippen molar-refractivity contribution < 1.29 is 13.2 Å². The monoisotopic (exact) mass is 560 g/mol. The molecule has 0 radical (unpaired) electrons. The molecule has 2 fully saturated rings. The first-order valence-corrected chi connectivity index (χ1v) is 15.1. The van der Waals surface area contributed by atoms with Gasteiger partial charge >= 0.3 is 5.69 Å². The molecule has 204 valence electrons. The number of hydrogen-bond donors (Lipinski definition) is 1. The lowest BCUT2D eigenvalue weighted by Gasteiger charge is -2.40. The van der Waals surface area contributed by atoms with Crippen LogP contribution in [0.1, 0.15) is 30.9 Å². The summed E-state index contributed by atoms with van der Waals surface area (Å²) in [6, 6.07) is 10.7. The average Bonchev–Trinajstić information content (AvgIpc) is 2.92. The number of aromatic nitrogens is 2. The van der Waals surface area contributed by atoms with E-state index in [9.17, 15) is 18.0 Å². The van der Waals surface area contributed by atoms with Crippen molar-refractivity contribution >= 4 is 32.3 Å². The summed E-state index contributed by atoms with van der Waals surface area (Å²) in [5.41, 5.74) is 0.805. The van der Waals surface area contributed by atoms with Crippen LogP contribution >= 0.6 is 11.6 Å². The molecule has 2 saturated heterocycles. The molecule has 3 aromatic rings. The molecule has 2 aliphatic heterocycles. The van der Waals surface area contributed by atoms with E-state index in [1.165, 1.54) is 16.7 Å². The van der Waals surface area contributed by atoms with Crippen LogP contribution in [0.25, 0.3) is 10.9 Å². The minimum absolute atomic E-state index is 0.0333. The highest BCUT2D eigenvalue weighted by atomic mass is 35.5. The van der Waals surface area contributed by atoms with Crippen molar-refractivity contribution in [3.8, 4) is 0 Å². The minimum Gasteiger partial charge on any atom is -0.381 e. The first-order chi connectivity index (χ1) is 18.2. The third-order valence-electron chi connectivity index (χ3n) is 7.65. The maximum atomic E-state index is 13.0. The largest absolute Gasteiger partial charge is 0.381 e. The fourth-order valence-electron chi connectivity index (χ4n) is 5.49. The summed E-state index contributed by atoms with van der Waals surface area (Å²) < 4.78 is 32.4. The van der Waals surface area contributed by atoms with Gasteiger partial charge in [0.05, 0.1) is 28.1 Å². The van der Waals surface area contributed by atoms with Crippen molar-refractivity contribution in [1.29, 1.82) is 0 Å². The molecule has 0 unspecified atom stereocenters. The quantitative estimate of drug-likeness (QED) is 0.473. The summed E-state index contributed by atoms with van der Waals surface area (Å²) in [5.74, 6) is -0.0746. The maximum absolute atomic E-state index is 13.0. The van der Waals surface area contributed by atoms with Gasteiger partial charge in [0, 0.05) is 57.0 Å². The van der Waals surface area contributed by atoms with Crippen molar-refractivity contribution in [2.45, 2.75) is 43.8 Å². The lowest BCUT2D eigenvalue weighted by atomic mass is 10.1. The summed E-state index contributed by atoms with van der Waals surface area (Å²) in [6.45, 7) is 7.81. The van der Waals surface area contributed by atoms with E-state index in [2.05, 4.69) is 14.8 Å². The van der Waals surface area contributed by atoms with E-state index in [0.717, 1.165) is 57.8 Å². The summed E-state index contributed by atoms with van der Waals surface area (Å²) in [6.07, 6.45) is 2.18. The van der Waals surface area contributed by atoms with Gasteiger partial charge in [-0.1, -0.05) is 24.6 Å². The Labute approximate surface area is 226 Å². The van der Waals surface area contributed by atoms with E-state index in [1.807, 2.05) is 12.1 Å². The van der Waals surface area contributed by atoms with E-state index in [4.69, 9.17) is 16.3 Å². The molecule has 0 aliphatic carbocycles. The molecule has 1 aromatic heterocycles. The number of piperazine rings is 1. The molecular weight excluding hydrogens is 528 g/mol. The second-order valence-corrected chi connectivity index (χ2v) is 12.7. The highest BCUT2D eigenvalue weighted by Gasteiger charge is 2.25. The fourth-order valence-corrected chi connectivity index (χ4v) is 6.79. The van der Waals surface area contributed by atoms with Crippen LogP contribution in [0.3, 0.4) is 0 Å². The molecule has 2 aliphatic rings. The number of aromatic amines is 1. The second-order valence-electron chi connectivity index (χ2n) is 10.0. The van der Waals surface area contributed by atoms with Crippen LogP contribution in [-0.4, -0.2) is 79.0 Å². The van der Waals surface area contributed by atoms with Gasteiger partial charge in [-0.2, -0.15) is 0 Å². The number of benzene rings is 2. The number of nitrogens with one attached hydrogen (secondary N) is 1. The summed E-state index contributed by atoms with van der Waals surface area (Å²) >= 11 is 6.20. The Hall–Kier alpha value is -2.50. The van der Waals surface area contributed by atoms with Crippen LogP contribution in [-0.2, 0) is 27.7 Å². The molecule has 1 N–H and O–H groups in total. The number of H-pyrrole nitrogens is 1. The highest BCUT2D eigenvalue weighted by Crippen LogP contribution is 2.24. The Balaban J connectivity index is 1.42. The van der Waals surface area contributed by atoms with Gasteiger partial charge in [-0.05, 0) is 54.3 Å². The lowest BCUT2D eigenvalue weighted by Crippen LogP contribution is -2.51. The van der Waals surface area contributed by atoms with Crippen LogP contribution in [0.15, 0.2) is 50.9 Å². The van der Waals surface area contributed by atoms with Gasteiger partial charge in [-0.3, -0.25) is 24.1 Å². The van der Waals surface area contributed by atoms with Crippen molar-refractivity contribution in [3.63, 3.8) is 0 Å². The molecule has 11 heteroatoms. The van der Waals surface area contributed by atoms with Crippen LogP contribution in [0.5, 0.6) is 0 Å². The molecule has 5 rings (SSSR count). The second kappa shape index (κ2) is 11.3. The SMILES string of the molecule is CCS(=O)(=O)c1ccc(Cl)cc1Cn1c(=O)[nH]c(=O)c2ccc(CN3CCN(C4CCOCC4)CC3)cc21. The molecule has 0 saturated carbocycles. The normalized spacial score (nSPS) is 18.3. The van der Waals surface area contributed by atoms with Gasteiger partial charge in [0.1, 0.15) is 0 Å². The Morgan fingerprint density at radius 1 is 1.00 bits per heavy atom. The van der Waals surface area contributed by atoms with Crippen LogP contribution in [0.2, 0.25) is 5.02 Å². The maximum Gasteiger partial charge on any atom is 0.329 e. The number of sulfone groups is 1. The number of hydrogen-bond acceptors (Lipinski definition) is 7. The Kier molecular flexibility index (Phi) is 8.06. The predicted molar refractivity (Wildman–Crippen MR) is 148 cm³/mol. The average molecular weight is 561 g/mol. The van der Waals surface area contributed by atoms with Crippen molar-refractivity contribution in [1.82, 2.24) is 19.4 Å². The third kappa shape index (κ3) is 5.74. The zero-order chi connectivity index (χ0) is 26.9. The number of halogens is 1. The zero-order valence-electron chi connectivity index (χ0n) is 21.5. The van der Waals surface area contributed by atoms with Crippen molar-refractivity contribution in [2.24, 2.45) is 0 Å². The summed E-state index contributed by atoms with van der Waals surface area (Å²) in [5, 5.41) is 0.747. The minimum atomic E-state index is -3.54. The van der Waals surface area contributed by atoms with E-state index in [1.54, 1.807) is 19.1 Å². The molecule has 2 aromatic carbocycles. The first kappa shape index (κ1) is 27.1. The number of ether oxygens (including phenoxy) is 1. The number of nitrogens with zero attached hydrogens (tertiary/aromatic N) is 3.